The quantitative estimate of drug-likeness (QED) is 0.224. The average Bonchev–Trinajstić information content (AvgIpc) is 3.68. The van der Waals surface area contributed by atoms with Crippen LogP contribution >= 0.6 is 0 Å². The molecule has 0 radical (unpaired) electrons. The molecule has 0 aliphatic heterocycles. The molecule has 0 unspecified atom stereocenters. The van der Waals surface area contributed by atoms with Gasteiger partial charge in [-0.2, -0.15) is 0 Å². The van der Waals surface area contributed by atoms with E-state index in [2.05, 4.69) is 121 Å². The van der Waals surface area contributed by atoms with Gasteiger partial charge in [0, 0.05) is 0 Å². The predicted molar refractivity (Wildman–Crippen MR) is 162 cm³/mol. The Bertz CT molecular complexity index is 1990. The summed E-state index contributed by atoms with van der Waals surface area (Å²) in [6.07, 6.45) is 2.98. The first-order valence-electron chi connectivity index (χ1n) is 14.0. The molecule has 0 fully saturated rings. The van der Waals surface area contributed by atoms with Gasteiger partial charge in [0.1, 0.15) is 0 Å². The van der Waals surface area contributed by atoms with Gasteiger partial charge in [0.25, 0.3) is 0 Å². The normalized spacial score (nSPS) is 13.3. The monoisotopic (exact) mass is 494 g/mol. The fraction of sp³-hybridized carbons (Fsp3) is 0.0769. The van der Waals surface area contributed by atoms with Crippen LogP contribution in [0, 0.1) is 0 Å². The summed E-state index contributed by atoms with van der Waals surface area (Å²) in [5.74, 6) is 0. The van der Waals surface area contributed by atoms with Crippen LogP contribution in [-0.4, -0.2) is 0 Å². The summed E-state index contributed by atoms with van der Waals surface area (Å²) in [6, 6.07) is 45.5. The molecule has 0 N–H and O–H groups in total. The number of benzene rings is 6. The molecule has 0 amide bonds. The first-order chi connectivity index (χ1) is 19.3. The highest BCUT2D eigenvalue weighted by molar-refractivity contribution is 5.99. The van der Waals surface area contributed by atoms with E-state index in [1.54, 1.807) is 0 Å². The second kappa shape index (κ2) is 7.91. The lowest BCUT2D eigenvalue weighted by Gasteiger charge is -2.20. The zero-order valence-electron chi connectivity index (χ0n) is 21.7. The minimum Gasteiger partial charge on any atom is -0.0619 e. The molecule has 0 saturated carbocycles. The zero-order valence-corrected chi connectivity index (χ0v) is 21.7. The molecule has 0 nitrogen and oxygen atoms in total. The molecule has 39 heavy (non-hydrogen) atoms. The minimum atomic E-state index is 0.987. The van der Waals surface area contributed by atoms with Gasteiger partial charge in [-0.05, 0) is 108 Å². The fourth-order valence-corrected chi connectivity index (χ4v) is 7.54. The summed E-state index contributed by atoms with van der Waals surface area (Å²) in [6.45, 7) is 0. The number of hydrogen-bond acceptors (Lipinski definition) is 0. The highest BCUT2D eigenvalue weighted by atomic mass is 14.3. The van der Waals surface area contributed by atoms with E-state index in [0.717, 1.165) is 19.3 Å². The van der Waals surface area contributed by atoms with E-state index in [-0.39, 0.29) is 0 Å². The molecule has 0 heteroatoms. The van der Waals surface area contributed by atoms with Crippen LogP contribution in [0.5, 0.6) is 0 Å². The Labute approximate surface area is 229 Å². The van der Waals surface area contributed by atoms with Gasteiger partial charge in [0.05, 0.1) is 0 Å². The third kappa shape index (κ3) is 2.95. The lowest BCUT2D eigenvalue weighted by atomic mass is 9.83. The van der Waals surface area contributed by atoms with E-state index in [4.69, 9.17) is 0 Å². The average molecular weight is 495 g/mol. The van der Waals surface area contributed by atoms with Crippen molar-refractivity contribution in [1.82, 2.24) is 0 Å². The van der Waals surface area contributed by atoms with Gasteiger partial charge in [-0.1, -0.05) is 121 Å². The van der Waals surface area contributed by atoms with Crippen molar-refractivity contribution in [2.45, 2.75) is 19.3 Å². The third-order valence-corrected chi connectivity index (χ3v) is 9.25. The predicted octanol–water partition coefficient (Wildman–Crippen LogP) is 9.73. The van der Waals surface area contributed by atoms with Crippen molar-refractivity contribution in [3.05, 3.63) is 155 Å². The van der Waals surface area contributed by atoms with E-state index in [9.17, 15) is 0 Å². The van der Waals surface area contributed by atoms with Gasteiger partial charge in [-0.25, -0.2) is 0 Å². The molecular weight excluding hydrogens is 468 g/mol. The van der Waals surface area contributed by atoms with Gasteiger partial charge in [0.2, 0.25) is 0 Å². The molecule has 6 aromatic carbocycles. The summed E-state index contributed by atoms with van der Waals surface area (Å²) < 4.78 is 0. The standard InChI is InChI=1S/C39H26/c1-4-12-27-24(9-1)21-36-30(27)15-7-17-32(36)35-20-19-33-29-14-6-3-11-26(29)23-38(33)39(35)34-18-8-16-31-28-13-5-2-10-25(28)22-37(31)34/h1-20H,21-23H2. The Kier molecular flexibility index (Phi) is 4.32. The summed E-state index contributed by atoms with van der Waals surface area (Å²) in [5, 5.41) is 0. The second-order valence-corrected chi connectivity index (χ2v) is 11.2. The number of rotatable bonds is 2. The topological polar surface area (TPSA) is 0 Å². The third-order valence-electron chi connectivity index (χ3n) is 9.25. The molecule has 0 bridgehead atoms. The Hall–Kier alpha value is -4.68. The molecule has 182 valence electrons. The van der Waals surface area contributed by atoms with Crippen molar-refractivity contribution >= 4 is 0 Å². The van der Waals surface area contributed by atoms with Gasteiger partial charge in [-0.15, -0.1) is 0 Å². The van der Waals surface area contributed by atoms with Gasteiger partial charge in [-0.3, -0.25) is 0 Å². The van der Waals surface area contributed by atoms with Crippen LogP contribution in [0.1, 0.15) is 33.4 Å². The molecule has 0 aromatic heterocycles. The van der Waals surface area contributed by atoms with E-state index in [1.165, 1.54) is 89.0 Å². The van der Waals surface area contributed by atoms with Crippen LogP contribution in [0.25, 0.3) is 55.6 Å². The van der Waals surface area contributed by atoms with Crippen molar-refractivity contribution in [3.8, 4) is 55.6 Å². The maximum absolute atomic E-state index is 2.41. The van der Waals surface area contributed by atoms with Crippen LogP contribution < -0.4 is 0 Å². The van der Waals surface area contributed by atoms with Crippen molar-refractivity contribution in [2.75, 3.05) is 0 Å². The summed E-state index contributed by atoms with van der Waals surface area (Å²) in [5.41, 5.74) is 22.7. The summed E-state index contributed by atoms with van der Waals surface area (Å²) >= 11 is 0. The lowest BCUT2D eigenvalue weighted by molar-refractivity contribution is 1.23. The fourth-order valence-electron chi connectivity index (χ4n) is 7.54. The molecule has 9 rings (SSSR count). The molecule has 6 aromatic rings. The molecule has 0 saturated heterocycles. The molecule has 0 atom stereocenters. The van der Waals surface area contributed by atoms with Gasteiger partial charge < -0.3 is 0 Å². The highest BCUT2D eigenvalue weighted by Crippen LogP contribution is 2.51. The van der Waals surface area contributed by atoms with Crippen molar-refractivity contribution in [1.29, 1.82) is 0 Å². The van der Waals surface area contributed by atoms with Crippen molar-refractivity contribution < 1.29 is 0 Å². The van der Waals surface area contributed by atoms with Gasteiger partial charge >= 0.3 is 0 Å². The van der Waals surface area contributed by atoms with E-state index >= 15 is 0 Å². The van der Waals surface area contributed by atoms with Crippen molar-refractivity contribution in [2.24, 2.45) is 0 Å². The second-order valence-electron chi connectivity index (χ2n) is 11.2. The van der Waals surface area contributed by atoms with Crippen molar-refractivity contribution in [3.63, 3.8) is 0 Å². The number of hydrogen-bond donors (Lipinski definition) is 0. The zero-order chi connectivity index (χ0) is 25.5. The minimum absolute atomic E-state index is 0.987. The maximum atomic E-state index is 2.41. The Morgan fingerprint density at radius 2 is 0.615 bits per heavy atom. The summed E-state index contributed by atoms with van der Waals surface area (Å²) in [7, 11) is 0. The van der Waals surface area contributed by atoms with Crippen LogP contribution in [0.4, 0.5) is 0 Å². The van der Waals surface area contributed by atoms with E-state index in [1.807, 2.05) is 0 Å². The molecule has 3 aliphatic carbocycles. The smallest absolute Gasteiger partial charge is 0.000706 e. The van der Waals surface area contributed by atoms with Crippen LogP contribution in [0.2, 0.25) is 0 Å². The largest absolute Gasteiger partial charge is 0.0619 e. The first kappa shape index (κ1) is 21.3. The first-order valence-corrected chi connectivity index (χ1v) is 14.0. The molecule has 3 aliphatic rings. The Balaban J connectivity index is 1.33. The van der Waals surface area contributed by atoms with Gasteiger partial charge in [0.15, 0.2) is 0 Å². The highest BCUT2D eigenvalue weighted by Gasteiger charge is 2.30. The van der Waals surface area contributed by atoms with Crippen LogP contribution in [0.15, 0.2) is 121 Å². The van der Waals surface area contributed by atoms with Crippen LogP contribution in [0.3, 0.4) is 0 Å². The summed E-state index contributed by atoms with van der Waals surface area (Å²) in [4.78, 5) is 0. The molecule has 0 spiro atoms. The SMILES string of the molecule is c1ccc2c(c1)Cc1c-2cccc1-c1ccc2c(c1-c1cccc3c1Cc1ccccc1-3)Cc1ccccc1-2. The van der Waals surface area contributed by atoms with E-state index < -0.39 is 0 Å². The Morgan fingerprint density at radius 1 is 0.256 bits per heavy atom. The lowest BCUT2D eigenvalue weighted by Crippen LogP contribution is -1.98. The molecular formula is C39H26. The number of fused-ring (bicyclic) bond motifs is 9. The van der Waals surface area contributed by atoms with Crippen LogP contribution in [-0.2, 0) is 19.3 Å². The van der Waals surface area contributed by atoms with E-state index in [0.29, 0.717) is 0 Å². The Morgan fingerprint density at radius 3 is 1.18 bits per heavy atom. The maximum Gasteiger partial charge on any atom is -0.000706 e. The molecule has 0 heterocycles.